The molecule has 1 aromatic rings. The molecule has 2 saturated heterocycles. The molecule has 0 spiro atoms. The molecule has 2 aliphatic rings. The Balaban J connectivity index is 1.60. The molecule has 3 rings (SSSR count). The molecule has 1 atom stereocenters. The van der Waals surface area contributed by atoms with E-state index in [4.69, 9.17) is 15.2 Å². The molecular formula is C18H27N3O3. The van der Waals surface area contributed by atoms with Crippen molar-refractivity contribution in [3.63, 3.8) is 0 Å². The van der Waals surface area contributed by atoms with Crippen molar-refractivity contribution in [2.45, 2.75) is 25.4 Å². The molecule has 1 aromatic carbocycles. The van der Waals surface area contributed by atoms with Gasteiger partial charge in [0.2, 0.25) is 5.91 Å². The van der Waals surface area contributed by atoms with Gasteiger partial charge in [-0.25, -0.2) is 0 Å². The fourth-order valence-corrected chi connectivity index (χ4v) is 3.71. The first-order chi connectivity index (χ1) is 11.5. The van der Waals surface area contributed by atoms with E-state index in [1.54, 1.807) is 7.11 Å². The van der Waals surface area contributed by atoms with Gasteiger partial charge in [0.25, 0.3) is 0 Å². The van der Waals surface area contributed by atoms with Crippen LogP contribution in [0.15, 0.2) is 18.2 Å². The smallest absolute Gasteiger partial charge is 0.240 e. The van der Waals surface area contributed by atoms with Crippen molar-refractivity contribution in [1.82, 2.24) is 9.80 Å². The second-order valence-corrected chi connectivity index (χ2v) is 6.77. The van der Waals surface area contributed by atoms with Crippen molar-refractivity contribution in [2.75, 3.05) is 46.5 Å². The van der Waals surface area contributed by atoms with Gasteiger partial charge >= 0.3 is 0 Å². The Morgan fingerprint density at radius 2 is 2.08 bits per heavy atom. The Hall–Kier alpha value is -1.63. The first-order valence-corrected chi connectivity index (χ1v) is 8.54. The fourth-order valence-electron chi connectivity index (χ4n) is 3.71. The number of primary amides is 1. The molecule has 2 aliphatic heterocycles. The van der Waals surface area contributed by atoms with Gasteiger partial charge in [0, 0.05) is 45.8 Å². The highest BCUT2D eigenvalue weighted by molar-refractivity contribution is 5.85. The summed E-state index contributed by atoms with van der Waals surface area (Å²) in [7, 11) is 1.71. The lowest BCUT2D eigenvalue weighted by Crippen LogP contribution is -2.63. The van der Waals surface area contributed by atoms with Gasteiger partial charge in [-0.2, -0.15) is 0 Å². The van der Waals surface area contributed by atoms with Gasteiger partial charge in [-0.3, -0.25) is 14.6 Å². The van der Waals surface area contributed by atoms with Crippen molar-refractivity contribution in [2.24, 2.45) is 5.73 Å². The number of nitrogens with zero attached hydrogens (tertiary/aromatic N) is 2. The largest absolute Gasteiger partial charge is 0.496 e. The number of hydrogen-bond acceptors (Lipinski definition) is 5. The molecule has 1 amide bonds. The molecule has 0 bridgehead atoms. The lowest BCUT2D eigenvalue weighted by Gasteiger charge is -2.43. The molecule has 0 aliphatic carbocycles. The van der Waals surface area contributed by atoms with Gasteiger partial charge < -0.3 is 15.2 Å². The van der Waals surface area contributed by atoms with Crippen LogP contribution in [-0.4, -0.2) is 67.7 Å². The number of aryl methyl sites for hydroxylation is 1. The summed E-state index contributed by atoms with van der Waals surface area (Å²) >= 11 is 0. The van der Waals surface area contributed by atoms with Gasteiger partial charge in [0.1, 0.15) is 11.3 Å². The lowest BCUT2D eigenvalue weighted by atomic mass is 9.94. The number of ether oxygens (including phenoxy) is 2. The zero-order chi connectivity index (χ0) is 17.2. The van der Waals surface area contributed by atoms with E-state index in [0.29, 0.717) is 19.6 Å². The maximum atomic E-state index is 12.0. The van der Waals surface area contributed by atoms with Gasteiger partial charge in [0.05, 0.1) is 13.7 Å². The maximum absolute atomic E-state index is 12.0. The molecule has 0 radical (unpaired) electrons. The number of rotatable bonds is 5. The molecule has 1 unspecified atom stereocenters. The van der Waals surface area contributed by atoms with Crippen LogP contribution in [0.3, 0.4) is 0 Å². The van der Waals surface area contributed by atoms with Crippen LogP contribution >= 0.6 is 0 Å². The number of methoxy groups -OCH3 is 1. The molecule has 2 heterocycles. The third kappa shape index (κ3) is 3.27. The molecular weight excluding hydrogens is 306 g/mol. The topological polar surface area (TPSA) is 68.0 Å². The van der Waals surface area contributed by atoms with Crippen molar-refractivity contribution in [1.29, 1.82) is 0 Å². The molecule has 2 fully saturated rings. The number of hydrogen-bond donors (Lipinski definition) is 1. The number of benzene rings is 1. The maximum Gasteiger partial charge on any atom is 0.240 e. The summed E-state index contributed by atoms with van der Waals surface area (Å²) in [4.78, 5) is 16.6. The number of nitrogens with two attached hydrogens (primary N) is 1. The monoisotopic (exact) mass is 333 g/mol. The van der Waals surface area contributed by atoms with E-state index < -0.39 is 5.54 Å². The predicted molar refractivity (Wildman–Crippen MR) is 91.9 cm³/mol. The summed E-state index contributed by atoms with van der Waals surface area (Å²) in [6, 6.07) is 6.36. The third-order valence-corrected chi connectivity index (χ3v) is 5.32. The zero-order valence-electron chi connectivity index (χ0n) is 14.6. The summed E-state index contributed by atoms with van der Waals surface area (Å²) in [5.74, 6) is 0.679. The highest BCUT2D eigenvalue weighted by Gasteiger charge is 2.46. The minimum atomic E-state index is -0.598. The normalized spacial score (nSPS) is 25.8. The van der Waals surface area contributed by atoms with E-state index in [1.807, 2.05) is 6.92 Å². The van der Waals surface area contributed by atoms with E-state index in [2.05, 4.69) is 28.0 Å². The van der Waals surface area contributed by atoms with Crippen LogP contribution in [0.5, 0.6) is 5.75 Å². The molecule has 24 heavy (non-hydrogen) atoms. The molecule has 2 N–H and O–H groups in total. The summed E-state index contributed by atoms with van der Waals surface area (Å²) in [6.45, 7) is 7.52. The first kappa shape index (κ1) is 17.2. The molecule has 0 aromatic heterocycles. The van der Waals surface area contributed by atoms with Gasteiger partial charge in [0.15, 0.2) is 0 Å². The second kappa shape index (κ2) is 7.09. The minimum Gasteiger partial charge on any atom is -0.496 e. The Kier molecular flexibility index (Phi) is 5.08. The van der Waals surface area contributed by atoms with Crippen molar-refractivity contribution in [3.8, 4) is 5.75 Å². The number of carbonyl (C=O) groups excluding carboxylic acids is 1. The minimum absolute atomic E-state index is 0.253. The van der Waals surface area contributed by atoms with E-state index >= 15 is 0 Å². The molecule has 6 nitrogen and oxygen atoms in total. The van der Waals surface area contributed by atoms with Crippen LogP contribution in [0, 0.1) is 6.92 Å². The number of piperazine rings is 1. The second-order valence-electron chi connectivity index (χ2n) is 6.77. The predicted octanol–water partition coefficient (Wildman–Crippen LogP) is 0.766. The third-order valence-electron chi connectivity index (χ3n) is 5.32. The van der Waals surface area contributed by atoms with Gasteiger partial charge in [-0.05, 0) is 24.1 Å². The summed E-state index contributed by atoms with van der Waals surface area (Å²) in [5.41, 5.74) is 7.48. The Bertz CT molecular complexity index is 591. The van der Waals surface area contributed by atoms with Gasteiger partial charge in [-0.1, -0.05) is 12.1 Å². The number of carbonyl (C=O) groups is 1. The summed E-state index contributed by atoms with van der Waals surface area (Å²) < 4.78 is 10.9. The average Bonchev–Trinajstić information content (AvgIpc) is 3.08. The van der Waals surface area contributed by atoms with Crippen LogP contribution < -0.4 is 10.5 Å². The summed E-state index contributed by atoms with van der Waals surface area (Å²) in [5, 5.41) is 0. The Labute approximate surface area is 143 Å². The van der Waals surface area contributed by atoms with Crippen molar-refractivity contribution >= 4 is 5.91 Å². The Morgan fingerprint density at radius 1 is 1.33 bits per heavy atom. The zero-order valence-corrected chi connectivity index (χ0v) is 14.6. The molecule has 132 valence electrons. The standard InChI is InChI=1S/C18H27N3O3/c1-14-3-4-15(11-16(14)23-2)12-20-6-8-21(9-7-20)18(17(19)22)5-10-24-13-18/h3-4,11H,5-10,12-13H2,1-2H3,(H2,19,22). The van der Waals surface area contributed by atoms with Crippen LogP contribution in [0.25, 0.3) is 0 Å². The van der Waals surface area contributed by atoms with Crippen LogP contribution in [0.4, 0.5) is 0 Å². The lowest BCUT2D eigenvalue weighted by molar-refractivity contribution is -0.132. The van der Waals surface area contributed by atoms with Crippen molar-refractivity contribution < 1.29 is 14.3 Å². The highest BCUT2D eigenvalue weighted by Crippen LogP contribution is 2.28. The summed E-state index contributed by atoms with van der Waals surface area (Å²) in [6.07, 6.45) is 0.706. The van der Waals surface area contributed by atoms with E-state index in [0.717, 1.165) is 44.0 Å². The van der Waals surface area contributed by atoms with Crippen LogP contribution in [-0.2, 0) is 16.1 Å². The quantitative estimate of drug-likeness (QED) is 0.862. The Morgan fingerprint density at radius 3 is 2.67 bits per heavy atom. The molecule has 0 saturated carbocycles. The number of amides is 1. The van der Waals surface area contributed by atoms with Crippen LogP contribution in [0.1, 0.15) is 17.5 Å². The highest BCUT2D eigenvalue weighted by atomic mass is 16.5. The van der Waals surface area contributed by atoms with Crippen LogP contribution in [0.2, 0.25) is 0 Å². The van der Waals surface area contributed by atoms with E-state index in [1.165, 1.54) is 5.56 Å². The van der Waals surface area contributed by atoms with Crippen molar-refractivity contribution in [3.05, 3.63) is 29.3 Å². The SMILES string of the molecule is COc1cc(CN2CCN(C3(C(N)=O)CCOC3)CC2)ccc1C. The molecule has 6 heteroatoms. The van der Waals surface area contributed by atoms with E-state index in [9.17, 15) is 4.79 Å². The first-order valence-electron chi connectivity index (χ1n) is 8.54. The average molecular weight is 333 g/mol. The fraction of sp³-hybridized carbons (Fsp3) is 0.611. The van der Waals surface area contributed by atoms with E-state index in [-0.39, 0.29) is 5.91 Å². The van der Waals surface area contributed by atoms with Gasteiger partial charge in [-0.15, -0.1) is 0 Å².